The van der Waals surface area contributed by atoms with Gasteiger partial charge in [-0.1, -0.05) is 36.8 Å². The van der Waals surface area contributed by atoms with E-state index in [0.29, 0.717) is 18.8 Å². The van der Waals surface area contributed by atoms with E-state index < -0.39 is 5.92 Å². The van der Waals surface area contributed by atoms with E-state index in [1.54, 1.807) is 0 Å². The summed E-state index contributed by atoms with van der Waals surface area (Å²) >= 11 is 0. The maximum absolute atomic E-state index is 13.3. The van der Waals surface area contributed by atoms with Gasteiger partial charge in [0.15, 0.2) is 0 Å². The normalized spacial score (nSPS) is 21.3. The summed E-state index contributed by atoms with van der Waals surface area (Å²) in [5, 5.41) is 3.48. The highest BCUT2D eigenvalue weighted by Gasteiger charge is 2.37. The smallest absolute Gasteiger partial charge is 0.248 e. The molecule has 0 aliphatic heterocycles. The van der Waals surface area contributed by atoms with Crippen molar-refractivity contribution in [3.8, 4) is 0 Å². The molecule has 1 aromatic rings. The first-order chi connectivity index (χ1) is 9.02. The van der Waals surface area contributed by atoms with Crippen molar-refractivity contribution in [2.75, 3.05) is 6.54 Å². The summed E-state index contributed by atoms with van der Waals surface area (Å²) in [5.74, 6) is -2.12. The van der Waals surface area contributed by atoms with E-state index in [9.17, 15) is 8.78 Å². The predicted octanol–water partition coefficient (Wildman–Crippen LogP) is 4.47. The molecule has 1 atom stereocenters. The van der Waals surface area contributed by atoms with Crippen LogP contribution in [0.3, 0.4) is 0 Å². The highest BCUT2D eigenvalue weighted by atomic mass is 19.3. The molecule has 1 nitrogen and oxygen atoms in total. The summed E-state index contributed by atoms with van der Waals surface area (Å²) in [6.07, 6.45) is 1.29. The second-order valence-electron chi connectivity index (χ2n) is 5.64. The van der Waals surface area contributed by atoms with Gasteiger partial charge in [0, 0.05) is 18.9 Å². The van der Waals surface area contributed by atoms with Crippen LogP contribution in [0.1, 0.15) is 49.8 Å². The van der Waals surface area contributed by atoms with E-state index in [1.807, 2.05) is 6.07 Å². The zero-order chi connectivity index (χ0) is 13.9. The van der Waals surface area contributed by atoms with Crippen LogP contribution in [0, 0.1) is 12.8 Å². The fourth-order valence-electron chi connectivity index (χ4n) is 3.04. The first-order valence-corrected chi connectivity index (χ1v) is 7.19. The lowest BCUT2D eigenvalue weighted by Crippen LogP contribution is -2.34. The van der Waals surface area contributed by atoms with Crippen LogP contribution in [0.25, 0.3) is 0 Å². The van der Waals surface area contributed by atoms with Crippen molar-refractivity contribution in [2.24, 2.45) is 5.92 Å². The molecule has 0 radical (unpaired) electrons. The van der Waals surface area contributed by atoms with Gasteiger partial charge in [0.05, 0.1) is 0 Å². The third kappa shape index (κ3) is 3.75. The predicted molar refractivity (Wildman–Crippen MR) is 74.5 cm³/mol. The molecule has 1 fully saturated rings. The molecule has 1 aliphatic carbocycles. The number of hydrogen-bond donors (Lipinski definition) is 1. The summed E-state index contributed by atoms with van der Waals surface area (Å²) < 4.78 is 26.5. The highest BCUT2D eigenvalue weighted by Crippen LogP contribution is 2.41. The van der Waals surface area contributed by atoms with Gasteiger partial charge in [-0.05, 0) is 37.8 Å². The second kappa shape index (κ2) is 6.00. The molecule has 0 spiro atoms. The molecule has 106 valence electrons. The van der Waals surface area contributed by atoms with Gasteiger partial charge in [0.25, 0.3) is 0 Å². The molecule has 1 N–H and O–H groups in total. The molecule has 1 aliphatic rings. The fraction of sp³-hybridized carbons (Fsp3) is 0.625. The van der Waals surface area contributed by atoms with Gasteiger partial charge in [-0.3, -0.25) is 0 Å². The Labute approximate surface area is 114 Å². The molecular formula is C16H23F2N. The average Bonchev–Trinajstić information content (AvgIpc) is 2.36. The maximum atomic E-state index is 13.3. The zero-order valence-electron chi connectivity index (χ0n) is 11.8. The van der Waals surface area contributed by atoms with Crippen molar-refractivity contribution in [3.05, 3.63) is 35.4 Å². The number of halogens is 2. The molecule has 0 saturated heterocycles. The van der Waals surface area contributed by atoms with Gasteiger partial charge < -0.3 is 5.32 Å². The number of alkyl halides is 2. The molecule has 1 unspecified atom stereocenters. The Balaban J connectivity index is 2.12. The molecule has 3 heteroatoms. The van der Waals surface area contributed by atoms with Crippen molar-refractivity contribution in [1.29, 1.82) is 0 Å². The molecule has 0 bridgehead atoms. The summed E-state index contributed by atoms with van der Waals surface area (Å²) in [4.78, 5) is 0. The average molecular weight is 267 g/mol. The van der Waals surface area contributed by atoms with Crippen molar-refractivity contribution in [1.82, 2.24) is 5.32 Å². The lowest BCUT2D eigenvalue weighted by molar-refractivity contribution is -0.0497. The Kier molecular flexibility index (Phi) is 4.56. The monoisotopic (exact) mass is 267 g/mol. The Hall–Kier alpha value is -0.960. The van der Waals surface area contributed by atoms with Crippen LogP contribution < -0.4 is 5.32 Å². The van der Waals surface area contributed by atoms with Crippen LogP contribution >= 0.6 is 0 Å². The number of rotatable bonds is 4. The lowest BCUT2D eigenvalue weighted by atomic mass is 9.79. The van der Waals surface area contributed by atoms with E-state index in [-0.39, 0.29) is 18.9 Å². The van der Waals surface area contributed by atoms with E-state index in [4.69, 9.17) is 0 Å². The topological polar surface area (TPSA) is 12.0 Å². The SMILES string of the molecule is CCNC(c1cccc(C)c1)C1CCC(F)(F)CC1. The summed E-state index contributed by atoms with van der Waals surface area (Å²) in [6, 6.07) is 8.60. The van der Waals surface area contributed by atoms with Gasteiger partial charge in [-0.15, -0.1) is 0 Å². The largest absolute Gasteiger partial charge is 0.310 e. The third-order valence-corrected chi connectivity index (χ3v) is 4.06. The molecule has 0 amide bonds. The summed E-state index contributed by atoms with van der Waals surface area (Å²) in [5.41, 5.74) is 2.46. The van der Waals surface area contributed by atoms with Crippen LogP contribution in [0.2, 0.25) is 0 Å². The van der Waals surface area contributed by atoms with Gasteiger partial charge in [-0.2, -0.15) is 0 Å². The van der Waals surface area contributed by atoms with Crippen molar-refractivity contribution >= 4 is 0 Å². The summed E-state index contributed by atoms with van der Waals surface area (Å²) in [6.45, 7) is 5.01. The Morgan fingerprint density at radius 3 is 2.58 bits per heavy atom. The van der Waals surface area contributed by atoms with Gasteiger partial charge in [0.2, 0.25) is 5.92 Å². The minimum Gasteiger partial charge on any atom is -0.310 e. The van der Waals surface area contributed by atoms with Gasteiger partial charge in [0.1, 0.15) is 0 Å². The third-order valence-electron chi connectivity index (χ3n) is 4.06. The molecule has 19 heavy (non-hydrogen) atoms. The number of nitrogens with one attached hydrogen (secondary N) is 1. The van der Waals surface area contributed by atoms with Crippen LogP contribution in [-0.4, -0.2) is 12.5 Å². The number of aryl methyl sites for hydroxylation is 1. The Morgan fingerprint density at radius 1 is 1.32 bits per heavy atom. The minimum atomic E-state index is -2.44. The fourth-order valence-corrected chi connectivity index (χ4v) is 3.04. The zero-order valence-corrected chi connectivity index (χ0v) is 11.8. The van der Waals surface area contributed by atoms with Crippen LogP contribution in [0.5, 0.6) is 0 Å². The second-order valence-corrected chi connectivity index (χ2v) is 5.64. The van der Waals surface area contributed by atoms with Crippen LogP contribution in [0.15, 0.2) is 24.3 Å². The molecule has 1 saturated carbocycles. The van der Waals surface area contributed by atoms with Gasteiger partial charge >= 0.3 is 0 Å². The number of hydrogen-bond acceptors (Lipinski definition) is 1. The lowest BCUT2D eigenvalue weighted by Gasteiger charge is -2.34. The summed E-state index contributed by atoms with van der Waals surface area (Å²) in [7, 11) is 0. The van der Waals surface area contributed by atoms with Crippen molar-refractivity contribution in [2.45, 2.75) is 51.5 Å². The molecule has 0 heterocycles. The maximum Gasteiger partial charge on any atom is 0.248 e. The molecule has 2 rings (SSSR count). The molecule has 1 aromatic carbocycles. The molecular weight excluding hydrogens is 244 g/mol. The van der Waals surface area contributed by atoms with E-state index in [2.05, 4.69) is 37.4 Å². The van der Waals surface area contributed by atoms with Crippen LogP contribution in [0.4, 0.5) is 8.78 Å². The molecule has 0 aromatic heterocycles. The van der Waals surface area contributed by atoms with Crippen molar-refractivity contribution < 1.29 is 8.78 Å². The highest BCUT2D eigenvalue weighted by molar-refractivity contribution is 5.25. The Morgan fingerprint density at radius 2 is 2.00 bits per heavy atom. The quantitative estimate of drug-likeness (QED) is 0.848. The van der Waals surface area contributed by atoms with E-state index in [0.717, 1.165) is 6.54 Å². The first-order valence-electron chi connectivity index (χ1n) is 7.19. The van der Waals surface area contributed by atoms with E-state index in [1.165, 1.54) is 11.1 Å². The van der Waals surface area contributed by atoms with E-state index >= 15 is 0 Å². The van der Waals surface area contributed by atoms with Gasteiger partial charge in [-0.25, -0.2) is 8.78 Å². The Bertz CT molecular complexity index is 407. The van der Waals surface area contributed by atoms with Crippen LogP contribution in [-0.2, 0) is 0 Å². The number of benzene rings is 1. The minimum absolute atomic E-state index is 0.0331. The first kappa shape index (κ1) is 14.4. The standard InChI is InChI=1S/C16H23F2N/c1-3-19-15(14-6-4-5-12(2)11-14)13-7-9-16(17,18)10-8-13/h4-6,11,13,15,19H,3,7-10H2,1-2H3. The van der Waals surface area contributed by atoms with Crippen molar-refractivity contribution in [3.63, 3.8) is 0 Å².